The predicted octanol–water partition coefficient (Wildman–Crippen LogP) is 2.01. The van der Waals surface area contributed by atoms with Crippen LogP contribution in [0.2, 0.25) is 0 Å². The molecule has 0 amide bonds. The lowest BCUT2D eigenvalue weighted by Gasteiger charge is -2.00. The van der Waals surface area contributed by atoms with E-state index in [0.717, 1.165) is 5.52 Å². The van der Waals surface area contributed by atoms with Crippen molar-refractivity contribution < 1.29 is 4.39 Å². The van der Waals surface area contributed by atoms with Crippen molar-refractivity contribution in [1.82, 2.24) is 24.3 Å². The van der Waals surface area contributed by atoms with Gasteiger partial charge in [-0.3, -0.25) is 4.68 Å². The van der Waals surface area contributed by atoms with Gasteiger partial charge in [-0.1, -0.05) is 0 Å². The zero-order valence-electron chi connectivity index (χ0n) is 9.59. The van der Waals surface area contributed by atoms with E-state index in [-0.39, 0.29) is 5.82 Å². The fourth-order valence-corrected chi connectivity index (χ4v) is 2.15. The fraction of sp³-hybridized carbons (Fsp3) is 0.182. The van der Waals surface area contributed by atoms with E-state index in [4.69, 9.17) is 12.2 Å². The summed E-state index contributed by atoms with van der Waals surface area (Å²) in [7, 11) is 1.80. The Morgan fingerprint density at radius 3 is 3.00 bits per heavy atom. The Bertz CT molecular complexity index is 769. The van der Waals surface area contributed by atoms with Crippen molar-refractivity contribution in [3.05, 3.63) is 40.9 Å². The highest BCUT2D eigenvalue weighted by Crippen LogP contribution is 2.16. The molecule has 2 aromatic heterocycles. The number of fused-ring (bicyclic) bond motifs is 1. The zero-order valence-corrected chi connectivity index (χ0v) is 10.4. The van der Waals surface area contributed by atoms with Crippen LogP contribution >= 0.6 is 12.2 Å². The minimum Gasteiger partial charge on any atom is -0.331 e. The smallest absolute Gasteiger partial charge is 0.178 e. The molecule has 0 aliphatic carbocycles. The molecule has 0 saturated carbocycles. The van der Waals surface area contributed by atoms with Crippen molar-refractivity contribution in [3.8, 4) is 0 Å². The molecular weight excluding hydrogens is 253 g/mol. The van der Waals surface area contributed by atoms with Gasteiger partial charge in [0.15, 0.2) is 10.6 Å². The summed E-state index contributed by atoms with van der Waals surface area (Å²) in [6, 6.07) is 4.52. The number of aryl methyl sites for hydroxylation is 1. The van der Waals surface area contributed by atoms with Crippen molar-refractivity contribution in [2.75, 3.05) is 0 Å². The average Bonchev–Trinajstić information content (AvgIpc) is 2.86. The summed E-state index contributed by atoms with van der Waals surface area (Å²) in [5.41, 5.74) is 1.52. The Kier molecular flexibility index (Phi) is 2.48. The number of H-pyrrole nitrogens is 1. The summed E-state index contributed by atoms with van der Waals surface area (Å²) in [6.07, 6.45) is 1.62. The van der Waals surface area contributed by atoms with Crippen molar-refractivity contribution in [2.45, 2.75) is 6.54 Å². The van der Waals surface area contributed by atoms with Crippen LogP contribution in [0.1, 0.15) is 5.82 Å². The third kappa shape index (κ3) is 1.82. The lowest BCUT2D eigenvalue weighted by molar-refractivity contribution is 0.628. The van der Waals surface area contributed by atoms with Crippen molar-refractivity contribution >= 4 is 23.3 Å². The second kappa shape index (κ2) is 4.02. The Morgan fingerprint density at radius 1 is 1.44 bits per heavy atom. The molecule has 7 heteroatoms. The van der Waals surface area contributed by atoms with Crippen LogP contribution in [0.25, 0.3) is 11.0 Å². The normalized spacial score (nSPS) is 11.2. The molecule has 0 aliphatic rings. The zero-order chi connectivity index (χ0) is 12.7. The molecule has 1 N–H and O–H groups in total. The summed E-state index contributed by atoms with van der Waals surface area (Å²) in [6.45, 7) is 0.420. The number of halogens is 1. The van der Waals surface area contributed by atoms with Crippen LogP contribution in [0, 0.1) is 10.6 Å². The van der Waals surface area contributed by atoms with Crippen LogP contribution in [0.3, 0.4) is 0 Å². The van der Waals surface area contributed by atoms with E-state index in [1.165, 1.54) is 12.1 Å². The molecular formula is C11H10FN5S. The maximum Gasteiger partial charge on any atom is 0.178 e. The number of nitrogens with zero attached hydrogens (tertiary/aromatic N) is 4. The number of hydrogen-bond donors (Lipinski definition) is 1. The van der Waals surface area contributed by atoms with Gasteiger partial charge in [0.05, 0.1) is 17.6 Å². The van der Waals surface area contributed by atoms with Crippen LogP contribution in [-0.4, -0.2) is 24.3 Å². The number of benzene rings is 1. The molecule has 0 saturated heterocycles. The van der Waals surface area contributed by atoms with Gasteiger partial charge >= 0.3 is 0 Å². The predicted molar refractivity (Wildman–Crippen MR) is 67.2 cm³/mol. The van der Waals surface area contributed by atoms with Gasteiger partial charge in [-0.25, -0.2) is 9.37 Å². The molecule has 1 aromatic carbocycles. The molecule has 3 aromatic rings. The molecule has 5 nitrogen and oxygen atoms in total. The lowest BCUT2D eigenvalue weighted by atomic mass is 10.3. The lowest BCUT2D eigenvalue weighted by Crippen LogP contribution is -2.02. The summed E-state index contributed by atoms with van der Waals surface area (Å²) >= 11 is 5.22. The summed E-state index contributed by atoms with van der Waals surface area (Å²) in [5, 5.41) is 4.19. The van der Waals surface area contributed by atoms with Gasteiger partial charge in [0.1, 0.15) is 12.1 Å². The SMILES string of the molecule is Cn1cnc(Cn2c(=S)[nH]c3ccc(F)cc32)n1. The van der Waals surface area contributed by atoms with Crippen molar-refractivity contribution in [2.24, 2.45) is 7.05 Å². The van der Waals surface area contributed by atoms with E-state index < -0.39 is 0 Å². The summed E-state index contributed by atoms with van der Waals surface area (Å²) in [4.78, 5) is 7.17. The molecule has 3 rings (SSSR count). The van der Waals surface area contributed by atoms with E-state index in [1.807, 2.05) is 0 Å². The highest BCUT2D eigenvalue weighted by molar-refractivity contribution is 7.71. The fourth-order valence-electron chi connectivity index (χ4n) is 1.88. The number of aromatic amines is 1. The van der Waals surface area contributed by atoms with Crippen LogP contribution < -0.4 is 0 Å². The molecule has 0 fully saturated rings. The Balaban J connectivity index is 2.13. The molecule has 2 heterocycles. The van der Waals surface area contributed by atoms with Gasteiger partial charge < -0.3 is 9.55 Å². The van der Waals surface area contributed by atoms with Gasteiger partial charge in [0.2, 0.25) is 0 Å². The summed E-state index contributed by atoms with van der Waals surface area (Å²) in [5.74, 6) is 0.345. The summed E-state index contributed by atoms with van der Waals surface area (Å²) < 4.78 is 17.2. The first-order valence-electron chi connectivity index (χ1n) is 5.36. The number of aromatic nitrogens is 5. The van der Waals surface area contributed by atoms with Gasteiger partial charge in [0.25, 0.3) is 0 Å². The van der Waals surface area contributed by atoms with E-state index in [0.29, 0.717) is 22.7 Å². The number of rotatable bonds is 2. The van der Waals surface area contributed by atoms with Crippen LogP contribution in [0.5, 0.6) is 0 Å². The Hall–Kier alpha value is -2.02. The third-order valence-electron chi connectivity index (χ3n) is 2.68. The van der Waals surface area contributed by atoms with E-state index in [2.05, 4.69) is 15.1 Å². The molecule has 0 atom stereocenters. The van der Waals surface area contributed by atoms with Gasteiger partial charge in [0, 0.05) is 7.05 Å². The minimum atomic E-state index is -0.292. The second-order valence-corrected chi connectivity index (χ2v) is 4.40. The number of nitrogens with one attached hydrogen (secondary N) is 1. The Labute approximate surface area is 107 Å². The molecule has 92 valence electrons. The third-order valence-corrected chi connectivity index (χ3v) is 3.01. The Morgan fingerprint density at radius 2 is 2.28 bits per heavy atom. The highest BCUT2D eigenvalue weighted by Gasteiger charge is 2.08. The first-order chi connectivity index (χ1) is 8.63. The molecule has 0 spiro atoms. The van der Waals surface area contributed by atoms with Gasteiger partial charge in [-0.05, 0) is 30.4 Å². The largest absolute Gasteiger partial charge is 0.331 e. The van der Waals surface area contributed by atoms with Crippen LogP contribution in [0.15, 0.2) is 24.5 Å². The maximum atomic E-state index is 13.3. The monoisotopic (exact) mass is 263 g/mol. The van der Waals surface area contributed by atoms with Gasteiger partial charge in [-0.2, -0.15) is 5.10 Å². The highest BCUT2D eigenvalue weighted by atomic mass is 32.1. The first kappa shape index (κ1) is 11.1. The first-order valence-corrected chi connectivity index (χ1v) is 5.77. The minimum absolute atomic E-state index is 0.292. The molecule has 0 bridgehead atoms. The quantitative estimate of drug-likeness (QED) is 0.720. The molecule has 0 aliphatic heterocycles. The topological polar surface area (TPSA) is 51.4 Å². The van der Waals surface area contributed by atoms with Crippen molar-refractivity contribution in [1.29, 1.82) is 0 Å². The standard InChI is InChI=1S/C11H10FN5S/c1-16-6-13-10(15-16)5-17-9-4-7(12)2-3-8(9)14-11(17)18/h2-4,6H,5H2,1H3,(H,14,18). The number of hydrogen-bond acceptors (Lipinski definition) is 3. The van der Waals surface area contributed by atoms with Gasteiger partial charge in [-0.15, -0.1) is 0 Å². The molecule has 0 unspecified atom stereocenters. The van der Waals surface area contributed by atoms with Crippen LogP contribution in [0.4, 0.5) is 4.39 Å². The molecule has 18 heavy (non-hydrogen) atoms. The van der Waals surface area contributed by atoms with E-state index in [9.17, 15) is 4.39 Å². The average molecular weight is 263 g/mol. The van der Waals surface area contributed by atoms with E-state index in [1.54, 1.807) is 28.7 Å². The maximum absolute atomic E-state index is 13.3. The number of imidazole rings is 1. The van der Waals surface area contributed by atoms with Crippen LogP contribution in [-0.2, 0) is 13.6 Å². The second-order valence-electron chi connectivity index (χ2n) is 4.01. The van der Waals surface area contributed by atoms with Crippen molar-refractivity contribution in [3.63, 3.8) is 0 Å². The molecule has 0 radical (unpaired) electrons. The van der Waals surface area contributed by atoms with E-state index >= 15 is 0 Å².